The summed E-state index contributed by atoms with van der Waals surface area (Å²) >= 11 is 0. The second-order valence-electron chi connectivity index (χ2n) is 6.33. The standard InChI is InChI=1S/C22H22N2O3/c23-22(26)19-5-1-4-18(13-19)17-7-10-21(11-8-17)27-15-20(25)9-6-16-3-2-12-24-14-16/h1-5,7-8,10-14,20,25H,6,9,15H2,(H2,23,26). The number of pyridine rings is 1. The van der Waals surface area contributed by atoms with Gasteiger partial charge in [-0.05, 0) is 59.9 Å². The van der Waals surface area contributed by atoms with Gasteiger partial charge in [0, 0.05) is 18.0 Å². The Morgan fingerprint density at radius 2 is 1.89 bits per heavy atom. The van der Waals surface area contributed by atoms with Gasteiger partial charge in [0.25, 0.3) is 0 Å². The maximum absolute atomic E-state index is 11.3. The topological polar surface area (TPSA) is 85.4 Å². The number of ether oxygens (including phenoxy) is 1. The van der Waals surface area contributed by atoms with E-state index in [1.807, 2.05) is 42.5 Å². The lowest BCUT2D eigenvalue weighted by molar-refractivity contribution is 0.0998. The van der Waals surface area contributed by atoms with Crippen molar-refractivity contribution >= 4 is 5.91 Å². The van der Waals surface area contributed by atoms with Gasteiger partial charge in [-0.25, -0.2) is 0 Å². The van der Waals surface area contributed by atoms with E-state index in [1.54, 1.807) is 30.6 Å². The van der Waals surface area contributed by atoms with Crippen molar-refractivity contribution < 1.29 is 14.6 Å². The monoisotopic (exact) mass is 362 g/mol. The fourth-order valence-corrected chi connectivity index (χ4v) is 2.75. The summed E-state index contributed by atoms with van der Waals surface area (Å²) in [5.74, 6) is 0.238. The summed E-state index contributed by atoms with van der Waals surface area (Å²) < 4.78 is 5.67. The molecule has 0 saturated heterocycles. The maximum Gasteiger partial charge on any atom is 0.248 e. The second-order valence-corrected chi connectivity index (χ2v) is 6.33. The van der Waals surface area contributed by atoms with Crippen LogP contribution in [0.2, 0.25) is 0 Å². The Hall–Kier alpha value is -3.18. The van der Waals surface area contributed by atoms with Gasteiger partial charge in [0.2, 0.25) is 5.91 Å². The van der Waals surface area contributed by atoms with E-state index in [0.29, 0.717) is 17.7 Å². The fourth-order valence-electron chi connectivity index (χ4n) is 2.75. The number of nitrogens with two attached hydrogens (primary N) is 1. The normalized spacial score (nSPS) is 11.7. The average molecular weight is 362 g/mol. The number of aliphatic hydroxyl groups excluding tert-OH is 1. The molecule has 2 aromatic carbocycles. The van der Waals surface area contributed by atoms with Crippen LogP contribution in [0.4, 0.5) is 0 Å². The molecule has 3 N–H and O–H groups in total. The number of hydrogen-bond donors (Lipinski definition) is 2. The summed E-state index contributed by atoms with van der Waals surface area (Å²) in [6, 6.07) is 18.6. The third kappa shape index (κ3) is 5.39. The number of rotatable bonds is 8. The number of aliphatic hydroxyl groups is 1. The zero-order valence-electron chi connectivity index (χ0n) is 14.9. The van der Waals surface area contributed by atoms with Crippen LogP contribution >= 0.6 is 0 Å². The van der Waals surface area contributed by atoms with Crippen LogP contribution in [0.1, 0.15) is 22.3 Å². The van der Waals surface area contributed by atoms with Crippen molar-refractivity contribution in [3.63, 3.8) is 0 Å². The van der Waals surface area contributed by atoms with E-state index in [1.165, 1.54) is 0 Å². The van der Waals surface area contributed by atoms with Crippen LogP contribution in [0.25, 0.3) is 11.1 Å². The van der Waals surface area contributed by atoms with Gasteiger partial charge in [0.15, 0.2) is 0 Å². The zero-order valence-corrected chi connectivity index (χ0v) is 14.9. The predicted molar refractivity (Wildman–Crippen MR) is 104 cm³/mol. The second kappa shape index (κ2) is 8.96. The molecule has 1 aromatic heterocycles. The molecule has 0 fully saturated rings. The number of primary amides is 1. The van der Waals surface area contributed by atoms with Gasteiger partial charge in [-0.3, -0.25) is 9.78 Å². The molecule has 5 nitrogen and oxygen atoms in total. The molecule has 0 radical (unpaired) electrons. The van der Waals surface area contributed by atoms with Gasteiger partial charge < -0.3 is 15.6 Å². The van der Waals surface area contributed by atoms with Crippen LogP contribution in [-0.2, 0) is 6.42 Å². The minimum absolute atomic E-state index is 0.233. The summed E-state index contributed by atoms with van der Waals surface area (Å²) in [7, 11) is 0. The Morgan fingerprint density at radius 3 is 2.59 bits per heavy atom. The van der Waals surface area contributed by atoms with E-state index in [4.69, 9.17) is 10.5 Å². The van der Waals surface area contributed by atoms with Gasteiger partial charge in [-0.15, -0.1) is 0 Å². The highest BCUT2D eigenvalue weighted by molar-refractivity contribution is 5.94. The first-order valence-corrected chi connectivity index (χ1v) is 8.82. The third-order valence-electron chi connectivity index (χ3n) is 4.27. The van der Waals surface area contributed by atoms with Crippen molar-refractivity contribution in [3.8, 4) is 16.9 Å². The number of nitrogens with zero attached hydrogens (tertiary/aromatic N) is 1. The lowest BCUT2D eigenvalue weighted by Gasteiger charge is -2.13. The van der Waals surface area contributed by atoms with Crippen LogP contribution in [-0.4, -0.2) is 28.7 Å². The molecule has 1 heterocycles. The molecule has 5 heteroatoms. The van der Waals surface area contributed by atoms with E-state index in [2.05, 4.69) is 4.98 Å². The van der Waals surface area contributed by atoms with Gasteiger partial charge >= 0.3 is 0 Å². The molecular formula is C22H22N2O3. The molecule has 3 aromatic rings. The van der Waals surface area contributed by atoms with Gasteiger partial charge in [0.05, 0.1) is 6.10 Å². The summed E-state index contributed by atoms with van der Waals surface area (Å²) in [6.45, 7) is 0.233. The molecule has 27 heavy (non-hydrogen) atoms. The lowest BCUT2D eigenvalue weighted by Crippen LogP contribution is -2.18. The highest BCUT2D eigenvalue weighted by Crippen LogP contribution is 2.23. The van der Waals surface area contributed by atoms with Gasteiger partial charge in [-0.1, -0.05) is 30.3 Å². The Morgan fingerprint density at radius 1 is 1.07 bits per heavy atom. The minimum Gasteiger partial charge on any atom is -0.491 e. The Balaban J connectivity index is 1.53. The Kier molecular flexibility index (Phi) is 6.18. The van der Waals surface area contributed by atoms with E-state index >= 15 is 0 Å². The number of benzene rings is 2. The molecule has 1 unspecified atom stereocenters. The molecule has 0 aliphatic carbocycles. The van der Waals surface area contributed by atoms with E-state index < -0.39 is 12.0 Å². The molecule has 0 aliphatic heterocycles. The molecule has 1 amide bonds. The van der Waals surface area contributed by atoms with Crippen molar-refractivity contribution in [1.29, 1.82) is 0 Å². The van der Waals surface area contributed by atoms with Crippen molar-refractivity contribution in [2.24, 2.45) is 5.73 Å². The van der Waals surface area contributed by atoms with Crippen LogP contribution in [0.3, 0.4) is 0 Å². The number of amides is 1. The molecule has 0 bridgehead atoms. The molecule has 0 aliphatic rings. The minimum atomic E-state index is -0.544. The third-order valence-corrected chi connectivity index (χ3v) is 4.27. The molecule has 0 saturated carbocycles. The van der Waals surface area contributed by atoms with Crippen LogP contribution in [0.5, 0.6) is 5.75 Å². The molecule has 1 atom stereocenters. The predicted octanol–water partition coefficient (Wildman–Crippen LogP) is 3.22. The Bertz CT molecular complexity index is 880. The van der Waals surface area contributed by atoms with Crippen LogP contribution < -0.4 is 10.5 Å². The van der Waals surface area contributed by atoms with E-state index in [0.717, 1.165) is 23.1 Å². The molecule has 0 spiro atoms. The highest BCUT2D eigenvalue weighted by Gasteiger charge is 2.07. The Labute approximate surface area is 158 Å². The van der Waals surface area contributed by atoms with Gasteiger partial charge in [-0.2, -0.15) is 0 Å². The van der Waals surface area contributed by atoms with E-state index in [-0.39, 0.29) is 6.61 Å². The lowest BCUT2D eigenvalue weighted by atomic mass is 10.0. The maximum atomic E-state index is 11.3. The smallest absolute Gasteiger partial charge is 0.248 e. The largest absolute Gasteiger partial charge is 0.491 e. The average Bonchev–Trinajstić information content (AvgIpc) is 2.72. The summed E-state index contributed by atoms with van der Waals surface area (Å²) in [6.07, 6.45) is 4.37. The molecule has 138 valence electrons. The summed E-state index contributed by atoms with van der Waals surface area (Å²) in [5, 5.41) is 10.1. The fraction of sp³-hybridized carbons (Fsp3) is 0.182. The number of carbonyl (C=O) groups is 1. The molecular weight excluding hydrogens is 340 g/mol. The van der Waals surface area contributed by atoms with Crippen molar-refractivity contribution in [1.82, 2.24) is 4.98 Å². The van der Waals surface area contributed by atoms with Crippen molar-refractivity contribution in [2.45, 2.75) is 18.9 Å². The first-order chi connectivity index (χ1) is 13.1. The number of carbonyl (C=O) groups excluding carboxylic acids is 1. The van der Waals surface area contributed by atoms with Crippen molar-refractivity contribution in [3.05, 3.63) is 84.2 Å². The first kappa shape index (κ1) is 18.6. The molecule has 3 rings (SSSR count). The first-order valence-electron chi connectivity index (χ1n) is 8.82. The van der Waals surface area contributed by atoms with E-state index in [9.17, 15) is 9.90 Å². The van der Waals surface area contributed by atoms with Gasteiger partial charge in [0.1, 0.15) is 12.4 Å². The SMILES string of the molecule is NC(=O)c1cccc(-c2ccc(OCC(O)CCc3cccnc3)cc2)c1. The number of aryl methyl sites for hydroxylation is 1. The zero-order chi connectivity index (χ0) is 19.1. The van der Waals surface area contributed by atoms with Crippen molar-refractivity contribution in [2.75, 3.05) is 6.61 Å². The highest BCUT2D eigenvalue weighted by atomic mass is 16.5. The number of hydrogen-bond acceptors (Lipinski definition) is 4. The summed E-state index contributed by atoms with van der Waals surface area (Å²) in [5.41, 5.74) is 8.77. The van der Waals surface area contributed by atoms with Crippen LogP contribution in [0.15, 0.2) is 73.1 Å². The van der Waals surface area contributed by atoms with Crippen LogP contribution in [0, 0.1) is 0 Å². The quantitative estimate of drug-likeness (QED) is 0.644. The summed E-state index contributed by atoms with van der Waals surface area (Å²) in [4.78, 5) is 15.4. The number of aromatic nitrogens is 1.